The average molecular weight is 288 g/mol. The van der Waals surface area contributed by atoms with Gasteiger partial charge in [-0.25, -0.2) is 9.18 Å². The molecule has 0 atom stereocenters. The molecule has 1 N–H and O–H groups in total. The summed E-state index contributed by atoms with van der Waals surface area (Å²) in [6.07, 6.45) is 1.64. The van der Waals surface area contributed by atoms with Crippen LogP contribution in [0.15, 0.2) is 29.3 Å². The van der Waals surface area contributed by atoms with Gasteiger partial charge in [0.25, 0.3) is 0 Å². The van der Waals surface area contributed by atoms with E-state index in [0.29, 0.717) is 12.2 Å². The molecule has 5 heteroatoms. The Balaban J connectivity index is 3.21. The minimum absolute atomic E-state index is 0.0339. The van der Waals surface area contributed by atoms with E-state index >= 15 is 0 Å². The van der Waals surface area contributed by atoms with Crippen LogP contribution in [0.2, 0.25) is 0 Å². The predicted octanol–water partition coefficient (Wildman–Crippen LogP) is 2.91. The summed E-state index contributed by atoms with van der Waals surface area (Å²) in [5, 5.41) is 8.80. The van der Waals surface area contributed by atoms with Crippen LogP contribution >= 0.6 is 15.9 Å². The Morgan fingerprint density at radius 3 is 2.81 bits per heavy atom. The SMILES string of the molecule is C=CCN(C)c1ccc(C(=O)O)c(Br)c1F. The van der Waals surface area contributed by atoms with Gasteiger partial charge in [-0.3, -0.25) is 0 Å². The summed E-state index contributed by atoms with van der Waals surface area (Å²) in [5.41, 5.74) is 0.241. The van der Waals surface area contributed by atoms with Gasteiger partial charge in [0.05, 0.1) is 15.7 Å². The first-order valence-corrected chi connectivity index (χ1v) is 5.31. The monoisotopic (exact) mass is 287 g/mol. The Morgan fingerprint density at radius 2 is 2.31 bits per heavy atom. The van der Waals surface area contributed by atoms with E-state index in [0.717, 1.165) is 0 Å². The number of carboxylic acid groups (broad SMARTS) is 1. The minimum Gasteiger partial charge on any atom is -0.478 e. The first-order valence-electron chi connectivity index (χ1n) is 4.52. The molecule has 0 saturated heterocycles. The zero-order valence-electron chi connectivity index (χ0n) is 8.70. The van der Waals surface area contributed by atoms with Gasteiger partial charge in [-0.05, 0) is 28.1 Å². The van der Waals surface area contributed by atoms with Gasteiger partial charge in [-0.15, -0.1) is 6.58 Å². The number of anilines is 1. The molecule has 0 heterocycles. The molecule has 0 bridgehead atoms. The van der Waals surface area contributed by atoms with E-state index in [1.165, 1.54) is 12.1 Å². The largest absolute Gasteiger partial charge is 0.478 e. The van der Waals surface area contributed by atoms with Crippen molar-refractivity contribution >= 4 is 27.6 Å². The highest BCUT2D eigenvalue weighted by molar-refractivity contribution is 9.10. The highest BCUT2D eigenvalue weighted by Crippen LogP contribution is 2.28. The zero-order chi connectivity index (χ0) is 12.3. The maximum Gasteiger partial charge on any atom is 0.336 e. The number of hydrogen-bond donors (Lipinski definition) is 1. The second-order valence-corrected chi connectivity index (χ2v) is 4.03. The second-order valence-electron chi connectivity index (χ2n) is 3.23. The van der Waals surface area contributed by atoms with Gasteiger partial charge < -0.3 is 10.0 Å². The molecule has 86 valence electrons. The van der Waals surface area contributed by atoms with Crippen molar-refractivity contribution in [1.82, 2.24) is 0 Å². The summed E-state index contributed by atoms with van der Waals surface area (Å²) < 4.78 is 13.8. The molecule has 0 radical (unpaired) electrons. The number of rotatable bonds is 4. The summed E-state index contributed by atoms with van der Waals surface area (Å²) in [5.74, 6) is -1.74. The van der Waals surface area contributed by atoms with Crippen molar-refractivity contribution in [3.63, 3.8) is 0 Å². The molecular formula is C11H11BrFNO2. The Bertz CT molecular complexity index is 434. The lowest BCUT2D eigenvalue weighted by atomic mass is 10.2. The highest BCUT2D eigenvalue weighted by Gasteiger charge is 2.17. The molecule has 1 rings (SSSR count). The van der Waals surface area contributed by atoms with E-state index in [1.807, 2.05) is 0 Å². The molecule has 0 aromatic heterocycles. The van der Waals surface area contributed by atoms with E-state index in [-0.39, 0.29) is 10.0 Å². The molecule has 3 nitrogen and oxygen atoms in total. The molecule has 1 aromatic rings. The number of carboxylic acids is 1. The third-order valence-electron chi connectivity index (χ3n) is 2.11. The molecule has 0 saturated carbocycles. The van der Waals surface area contributed by atoms with Gasteiger partial charge in [0.15, 0.2) is 5.82 Å². The van der Waals surface area contributed by atoms with Crippen LogP contribution in [-0.4, -0.2) is 24.7 Å². The molecule has 1 aromatic carbocycles. The van der Waals surface area contributed by atoms with E-state index in [9.17, 15) is 9.18 Å². The Morgan fingerprint density at radius 1 is 1.69 bits per heavy atom. The lowest BCUT2D eigenvalue weighted by Gasteiger charge is -2.18. The van der Waals surface area contributed by atoms with Crippen molar-refractivity contribution < 1.29 is 14.3 Å². The molecule has 0 aliphatic rings. The fourth-order valence-corrected chi connectivity index (χ4v) is 1.80. The Kier molecular flexibility index (Phi) is 4.06. The van der Waals surface area contributed by atoms with Crippen LogP contribution in [0, 0.1) is 5.82 Å². The third-order valence-corrected chi connectivity index (χ3v) is 2.88. The molecule has 16 heavy (non-hydrogen) atoms. The second kappa shape index (κ2) is 5.12. The Labute approximate surface area is 101 Å². The van der Waals surface area contributed by atoms with E-state index in [4.69, 9.17) is 5.11 Å². The van der Waals surface area contributed by atoms with Crippen molar-refractivity contribution in [1.29, 1.82) is 0 Å². The quantitative estimate of drug-likeness (QED) is 0.866. The predicted molar refractivity (Wildman–Crippen MR) is 64.5 cm³/mol. The summed E-state index contributed by atoms with van der Waals surface area (Å²) in [6.45, 7) is 4.04. The first-order chi connectivity index (χ1) is 7.49. The van der Waals surface area contributed by atoms with Crippen LogP contribution in [0.1, 0.15) is 10.4 Å². The van der Waals surface area contributed by atoms with Crippen LogP contribution in [-0.2, 0) is 0 Å². The minimum atomic E-state index is -1.16. The van der Waals surface area contributed by atoms with Gasteiger partial charge in [0.1, 0.15) is 0 Å². The van der Waals surface area contributed by atoms with Crippen LogP contribution in [0.3, 0.4) is 0 Å². The van der Waals surface area contributed by atoms with Crippen molar-refractivity contribution in [2.75, 3.05) is 18.5 Å². The molecule has 0 unspecified atom stereocenters. The summed E-state index contributed by atoms with van der Waals surface area (Å²) >= 11 is 2.94. The van der Waals surface area contributed by atoms with Crippen LogP contribution in [0.25, 0.3) is 0 Å². The number of halogens is 2. The first kappa shape index (κ1) is 12.7. The van der Waals surface area contributed by atoms with Crippen LogP contribution in [0.5, 0.6) is 0 Å². The van der Waals surface area contributed by atoms with Gasteiger partial charge in [0, 0.05) is 13.6 Å². The summed E-state index contributed by atoms with van der Waals surface area (Å²) in [4.78, 5) is 12.4. The standard InChI is InChI=1S/C11H11BrFNO2/c1-3-6-14(2)8-5-4-7(11(15)16)9(12)10(8)13/h3-5H,1,6H2,2H3,(H,15,16). The molecule has 0 amide bonds. The Hall–Kier alpha value is -1.36. The normalized spacial score (nSPS) is 9.94. The van der Waals surface area contributed by atoms with Crippen molar-refractivity contribution in [3.05, 3.63) is 40.6 Å². The maximum atomic E-state index is 13.8. The number of carbonyl (C=O) groups is 1. The van der Waals surface area contributed by atoms with Gasteiger partial charge in [-0.1, -0.05) is 6.08 Å². The topological polar surface area (TPSA) is 40.5 Å². The molecule has 0 aliphatic heterocycles. The molecule has 0 aliphatic carbocycles. The van der Waals surface area contributed by atoms with Gasteiger partial charge >= 0.3 is 5.97 Å². The number of aromatic carboxylic acids is 1. The molecule has 0 fully saturated rings. The lowest BCUT2D eigenvalue weighted by molar-refractivity contribution is 0.0695. The summed E-state index contributed by atoms with van der Waals surface area (Å²) in [7, 11) is 1.70. The van der Waals surface area contributed by atoms with Gasteiger partial charge in [-0.2, -0.15) is 0 Å². The lowest BCUT2D eigenvalue weighted by Crippen LogP contribution is -2.18. The fourth-order valence-electron chi connectivity index (χ4n) is 1.29. The van der Waals surface area contributed by atoms with E-state index in [1.54, 1.807) is 18.0 Å². The van der Waals surface area contributed by atoms with E-state index in [2.05, 4.69) is 22.5 Å². The fraction of sp³-hybridized carbons (Fsp3) is 0.182. The zero-order valence-corrected chi connectivity index (χ0v) is 10.3. The average Bonchev–Trinajstić information content (AvgIpc) is 2.21. The number of nitrogens with zero attached hydrogens (tertiary/aromatic N) is 1. The number of hydrogen-bond acceptors (Lipinski definition) is 2. The number of benzene rings is 1. The third kappa shape index (κ3) is 2.41. The van der Waals surface area contributed by atoms with Crippen molar-refractivity contribution in [3.8, 4) is 0 Å². The van der Waals surface area contributed by atoms with Crippen molar-refractivity contribution in [2.45, 2.75) is 0 Å². The van der Waals surface area contributed by atoms with Crippen molar-refractivity contribution in [2.24, 2.45) is 0 Å². The van der Waals surface area contributed by atoms with Crippen LogP contribution in [0.4, 0.5) is 10.1 Å². The highest BCUT2D eigenvalue weighted by atomic mass is 79.9. The van der Waals surface area contributed by atoms with Gasteiger partial charge in [0.2, 0.25) is 0 Å². The maximum absolute atomic E-state index is 13.8. The number of likely N-dealkylation sites (N-methyl/N-ethyl adjacent to an activating group) is 1. The van der Waals surface area contributed by atoms with Crippen LogP contribution < -0.4 is 4.90 Å². The van der Waals surface area contributed by atoms with E-state index < -0.39 is 11.8 Å². The molecular weight excluding hydrogens is 277 g/mol. The molecule has 0 spiro atoms. The smallest absolute Gasteiger partial charge is 0.336 e. The summed E-state index contributed by atoms with van der Waals surface area (Å²) in [6, 6.07) is 2.80.